The lowest BCUT2D eigenvalue weighted by molar-refractivity contribution is -0.384. The number of hydrogen-bond acceptors (Lipinski definition) is 6. The third kappa shape index (κ3) is 3.45. The predicted molar refractivity (Wildman–Crippen MR) is 75.8 cm³/mol. The maximum absolute atomic E-state index is 11.9. The van der Waals surface area contributed by atoms with Crippen LogP contribution in [0.15, 0.2) is 48.5 Å². The molecule has 2 aromatic rings. The van der Waals surface area contributed by atoms with Crippen LogP contribution in [-0.2, 0) is 4.74 Å². The van der Waals surface area contributed by atoms with Crippen molar-refractivity contribution in [3.8, 4) is 5.75 Å². The van der Waals surface area contributed by atoms with Crippen LogP contribution in [-0.4, -0.2) is 24.0 Å². The van der Waals surface area contributed by atoms with Crippen LogP contribution in [0.4, 0.5) is 5.69 Å². The van der Waals surface area contributed by atoms with E-state index < -0.39 is 16.9 Å². The van der Waals surface area contributed by atoms with Crippen LogP contribution >= 0.6 is 0 Å². The molecule has 0 saturated heterocycles. The largest absolute Gasteiger partial charge is 0.465 e. The van der Waals surface area contributed by atoms with Crippen molar-refractivity contribution < 1.29 is 24.0 Å². The molecule has 0 fully saturated rings. The predicted octanol–water partition coefficient (Wildman–Crippen LogP) is 2.60. The summed E-state index contributed by atoms with van der Waals surface area (Å²) in [6.07, 6.45) is 0. The molecule has 0 radical (unpaired) electrons. The molecule has 7 heteroatoms. The SMILES string of the molecule is COC(=O)c1cccc(OC(=O)c2ccc([N+](=O)[O-])cc2)c1. The minimum Gasteiger partial charge on any atom is -0.465 e. The van der Waals surface area contributed by atoms with Gasteiger partial charge in [-0.2, -0.15) is 0 Å². The molecule has 0 spiro atoms. The van der Waals surface area contributed by atoms with E-state index in [0.29, 0.717) is 0 Å². The number of rotatable bonds is 4. The van der Waals surface area contributed by atoms with E-state index in [2.05, 4.69) is 4.74 Å². The van der Waals surface area contributed by atoms with E-state index >= 15 is 0 Å². The summed E-state index contributed by atoms with van der Waals surface area (Å²) in [5.74, 6) is -1.06. The highest BCUT2D eigenvalue weighted by Gasteiger charge is 2.13. The van der Waals surface area contributed by atoms with Gasteiger partial charge >= 0.3 is 11.9 Å². The molecule has 22 heavy (non-hydrogen) atoms. The Morgan fingerprint density at radius 3 is 2.27 bits per heavy atom. The number of methoxy groups -OCH3 is 1. The fraction of sp³-hybridized carbons (Fsp3) is 0.0667. The lowest BCUT2D eigenvalue weighted by Gasteiger charge is -2.05. The Balaban J connectivity index is 2.14. The van der Waals surface area contributed by atoms with Crippen LogP contribution in [0.1, 0.15) is 20.7 Å². The third-order valence-corrected chi connectivity index (χ3v) is 2.78. The summed E-state index contributed by atoms with van der Waals surface area (Å²) in [5.41, 5.74) is 0.287. The molecule has 0 N–H and O–H groups in total. The van der Waals surface area contributed by atoms with Crippen LogP contribution in [0.5, 0.6) is 5.75 Å². The second-order valence-corrected chi connectivity index (χ2v) is 4.21. The zero-order valence-corrected chi connectivity index (χ0v) is 11.5. The topological polar surface area (TPSA) is 95.7 Å². The van der Waals surface area contributed by atoms with E-state index in [9.17, 15) is 19.7 Å². The molecule has 2 aromatic carbocycles. The van der Waals surface area contributed by atoms with Gasteiger partial charge in [-0.1, -0.05) is 6.07 Å². The Bertz CT molecular complexity index is 723. The molecular weight excluding hydrogens is 290 g/mol. The van der Waals surface area contributed by atoms with Crippen LogP contribution in [0, 0.1) is 10.1 Å². The van der Waals surface area contributed by atoms with E-state index in [1.165, 1.54) is 49.6 Å². The third-order valence-electron chi connectivity index (χ3n) is 2.78. The lowest BCUT2D eigenvalue weighted by atomic mass is 10.2. The van der Waals surface area contributed by atoms with E-state index in [-0.39, 0.29) is 22.6 Å². The quantitative estimate of drug-likeness (QED) is 0.373. The van der Waals surface area contributed by atoms with Crippen molar-refractivity contribution in [3.63, 3.8) is 0 Å². The number of hydrogen-bond donors (Lipinski definition) is 0. The molecule has 0 aliphatic carbocycles. The lowest BCUT2D eigenvalue weighted by Crippen LogP contribution is -2.09. The fourth-order valence-electron chi connectivity index (χ4n) is 1.69. The van der Waals surface area contributed by atoms with E-state index in [1.54, 1.807) is 6.07 Å². The Morgan fingerprint density at radius 2 is 1.68 bits per heavy atom. The van der Waals surface area contributed by atoms with Gasteiger partial charge in [-0.15, -0.1) is 0 Å². The maximum Gasteiger partial charge on any atom is 0.343 e. The molecule has 112 valence electrons. The smallest absolute Gasteiger partial charge is 0.343 e. The molecule has 0 aliphatic heterocycles. The van der Waals surface area contributed by atoms with Crippen molar-refractivity contribution >= 4 is 17.6 Å². The highest BCUT2D eigenvalue weighted by atomic mass is 16.6. The van der Waals surface area contributed by atoms with Crippen molar-refractivity contribution in [2.45, 2.75) is 0 Å². The first-order chi connectivity index (χ1) is 10.5. The van der Waals surface area contributed by atoms with Crippen LogP contribution < -0.4 is 4.74 Å². The van der Waals surface area contributed by atoms with Crippen molar-refractivity contribution in [2.75, 3.05) is 7.11 Å². The minimum atomic E-state index is -0.683. The molecule has 0 atom stereocenters. The first-order valence-corrected chi connectivity index (χ1v) is 6.16. The van der Waals surface area contributed by atoms with Gasteiger partial charge in [0.1, 0.15) is 5.75 Å². The molecule has 2 rings (SSSR count). The van der Waals surface area contributed by atoms with Crippen LogP contribution in [0.2, 0.25) is 0 Å². The number of carbonyl (C=O) groups excluding carboxylic acids is 2. The zero-order chi connectivity index (χ0) is 16.1. The fourth-order valence-corrected chi connectivity index (χ4v) is 1.69. The number of non-ortho nitro benzene ring substituents is 1. The number of benzene rings is 2. The molecule has 0 aromatic heterocycles. The first-order valence-electron chi connectivity index (χ1n) is 6.16. The van der Waals surface area contributed by atoms with Gasteiger partial charge in [0.05, 0.1) is 23.2 Å². The minimum absolute atomic E-state index is 0.121. The number of carbonyl (C=O) groups is 2. The molecule has 0 aliphatic rings. The Hall–Kier alpha value is -3.22. The molecule has 7 nitrogen and oxygen atoms in total. The van der Waals surface area contributed by atoms with Gasteiger partial charge in [0.25, 0.3) is 5.69 Å². The van der Waals surface area contributed by atoms with Gasteiger partial charge in [-0.25, -0.2) is 9.59 Å². The Morgan fingerprint density at radius 1 is 1.00 bits per heavy atom. The van der Waals surface area contributed by atoms with Gasteiger partial charge in [0.2, 0.25) is 0 Å². The van der Waals surface area contributed by atoms with Crippen molar-refractivity contribution in [2.24, 2.45) is 0 Å². The number of ether oxygens (including phenoxy) is 2. The number of nitro groups is 1. The van der Waals surface area contributed by atoms with Crippen molar-refractivity contribution in [3.05, 3.63) is 69.8 Å². The van der Waals surface area contributed by atoms with Crippen molar-refractivity contribution in [1.29, 1.82) is 0 Å². The summed E-state index contributed by atoms with van der Waals surface area (Å²) in [7, 11) is 1.25. The van der Waals surface area contributed by atoms with E-state index in [0.717, 1.165) is 0 Å². The first kappa shape index (κ1) is 15.2. The molecule has 0 amide bonds. The average Bonchev–Trinajstić information content (AvgIpc) is 2.54. The molecular formula is C15H11NO6. The van der Waals surface area contributed by atoms with E-state index in [1.807, 2.05) is 0 Å². The summed E-state index contributed by atoms with van der Waals surface area (Å²) in [6, 6.07) is 11.0. The van der Waals surface area contributed by atoms with Crippen molar-refractivity contribution in [1.82, 2.24) is 0 Å². The monoisotopic (exact) mass is 301 g/mol. The van der Waals surface area contributed by atoms with Gasteiger partial charge in [0, 0.05) is 12.1 Å². The number of nitrogens with zero attached hydrogens (tertiary/aromatic N) is 1. The second kappa shape index (κ2) is 6.49. The second-order valence-electron chi connectivity index (χ2n) is 4.21. The highest BCUT2D eigenvalue weighted by molar-refractivity contribution is 5.92. The van der Waals surface area contributed by atoms with Crippen LogP contribution in [0.3, 0.4) is 0 Å². The number of nitro benzene ring substituents is 1. The molecule has 0 unspecified atom stereocenters. The van der Waals surface area contributed by atoms with Gasteiger partial charge in [-0.3, -0.25) is 10.1 Å². The van der Waals surface area contributed by atoms with Gasteiger partial charge in [-0.05, 0) is 30.3 Å². The summed E-state index contributed by atoms with van der Waals surface area (Å²) >= 11 is 0. The average molecular weight is 301 g/mol. The maximum atomic E-state index is 11.9. The Kier molecular flexibility index (Phi) is 4.47. The standard InChI is InChI=1S/C15H11NO6/c1-21-14(17)11-3-2-4-13(9-11)22-15(18)10-5-7-12(8-6-10)16(19)20/h2-9H,1H3. The highest BCUT2D eigenvalue weighted by Crippen LogP contribution is 2.17. The summed E-state index contributed by atoms with van der Waals surface area (Å²) in [6.45, 7) is 0. The molecule has 0 heterocycles. The van der Waals surface area contributed by atoms with Crippen LogP contribution in [0.25, 0.3) is 0 Å². The van der Waals surface area contributed by atoms with Gasteiger partial charge < -0.3 is 9.47 Å². The summed E-state index contributed by atoms with van der Waals surface area (Å²) in [5, 5.41) is 10.5. The molecule has 0 saturated carbocycles. The Labute approximate surface area is 125 Å². The van der Waals surface area contributed by atoms with Gasteiger partial charge in [0.15, 0.2) is 0 Å². The zero-order valence-electron chi connectivity index (χ0n) is 11.5. The normalized spacial score (nSPS) is 9.86. The number of esters is 2. The summed E-state index contributed by atoms with van der Waals surface area (Å²) in [4.78, 5) is 33.3. The summed E-state index contributed by atoms with van der Waals surface area (Å²) < 4.78 is 9.69. The van der Waals surface area contributed by atoms with E-state index in [4.69, 9.17) is 4.74 Å². The molecule has 0 bridgehead atoms.